The fraction of sp³-hybridized carbons (Fsp3) is 0.647. The summed E-state index contributed by atoms with van der Waals surface area (Å²) in [5, 5.41) is 4.55. The van der Waals surface area contributed by atoms with Crippen LogP contribution in [0, 0.1) is 11.8 Å². The molecule has 0 radical (unpaired) electrons. The van der Waals surface area contributed by atoms with Gasteiger partial charge in [0.15, 0.2) is 0 Å². The van der Waals surface area contributed by atoms with Crippen molar-refractivity contribution in [3.8, 4) is 0 Å². The van der Waals surface area contributed by atoms with Gasteiger partial charge in [0.05, 0.1) is 16.4 Å². The van der Waals surface area contributed by atoms with Crippen molar-refractivity contribution in [3.05, 3.63) is 23.2 Å². The molecule has 1 aliphatic rings. The number of hydrogen-bond donors (Lipinski definition) is 1. The topological polar surface area (TPSA) is 15.3 Å². The summed E-state index contributed by atoms with van der Waals surface area (Å²) in [5.74, 6) is 1.63. The third-order valence-corrected chi connectivity index (χ3v) is 4.76. The van der Waals surface area contributed by atoms with Gasteiger partial charge in [-0.05, 0) is 36.8 Å². The maximum Gasteiger partial charge on any atom is 0.0786 e. The van der Waals surface area contributed by atoms with E-state index in [0.29, 0.717) is 6.04 Å². The molecule has 1 fully saturated rings. The highest BCUT2D eigenvalue weighted by atomic mass is 35.5. The van der Waals surface area contributed by atoms with Crippen molar-refractivity contribution in [2.75, 3.05) is 24.3 Å². The number of rotatable bonds is 4. The summed E-state index contributed by atoms with van der Waals surface area (Å²) in [5.41, 5.74) is 2.26. The van der Waals surface area contributed by atoms with Crippen molar-refractivity contribution in [1.82, 2.24) is 0 Å². The largest absolute Gasteiger partial charge is 0.381 e. The van der Waals surface area contributed by atoms with E-state index < -0.39 is 0 Å². The number of hydrogen-bond acceptors (Lipinski definition) is 2. The van der Waals surface area contributed by atoms with Crippen LogP contribution in [0.2, 0.25) is 5.02 Å². The lowest BCUT2D eigenvalue weighted by molar-refractivity contribution is 0.264. The molecule has 0 heterocycles. The van der Waals surface area contributed by atoms with Crippen LogP contribution >= 0.6 is 11.6 Å². The molecule has 1 aliphatic carbocycles. The van der Waals surface area contributed by atoms with E-state index in [1.165, 1.54) is 25.7 Å². The molecule has 1 N–H and O–H groups in total. The molecule has 0 bridgehead atoms. The second-order valence-corrected chi connectivity index (χ2v) is 6.95. The van der Waals surface area contributed by atoms with E-state index in [-0.39, 0.29) is 0 Å². The van der Waals surface area contributed by atoms with Gasteiger partial charge in [-0.3, -0.25) is 0 Å². The van der Waals surface area contributed by atoms with Crippen molar-refractivity contribution in [2.45, 2.75) is 45.6 Å². The van der Waals surface area contributed by atoms with Crippen LogP contribution in [0.3, 0.4) is 0 Å². The SMILES string of the molecule is CC(C)C1CCCC(Nc2cccc(Cl)c2N(C)C)C1. The van der Waals surface area contributed by atoms with Gasteiger partial charge in [-0.1, -0.05) is 44.4 Å². The van der Waals surface area contributed by atoms with Crippen LogP contribution in [-0.2, 0) is 0 Å². The van der Waals surface area contributed by atoms with Crippen molar-refractivity contribution < 1.29 is 0 Å². The summed E-state index contributed by atoms with van der Waals surface area (Å²) in [6.45, 7) is 4.69. The van der Waals surface area contributed by atoms with Gasteiger partial charge in [-0.2, -0.15) is 0 Å². The van der Waals surface area contributed by atoms with Crippen LogP contribution in [0.4, 0.5) is 11.4 Å². The number of nitrogens with one attached hydrogen (secondary N) is 1. The van der Waals surface area contributed by atoms with Crippen molar-refractivity contribution >= 4 is 23.0 Å². The fourth-order valence-corrected chi connectivity index (χ4v) is 3.61. The summed E-state index contributed by atoms with van der Waals surface area (Å²) in [7, 11) is 4.09. The summed E-state index contributed by atoms with van der Waals surface area (Å²) in [6, 6.07) is 6.70. The molecule has 2 rings (SSSR count). The number of para-hydroxylation sites is 1. The molecule has 2 nitrogen and oxygen atoms in total. The van der Waals surface area contributed by atoms with E-state index in [2.05, 4.69) is 30.1 Å². The Kier molecular flexibility index (Phi) is 5.20. The molecule has 0 aromatic heterocycles. The zero-order valence-corrected chi connectivity index (χ0v) is 13.9. The van der Waals surface area contributed by atoms with E-state index >= 15 is 0 Å². The monoisotopic (exact) mass is 294 g/mol. The molecule has 1 aromatic rings. The van der Waals surface area contributed by atoms with E-state index in [1.54, 1.807) is 0 Å². The van der Waals surface area contributed by atoms with Crippen LogP contribution < -0.4 is 10.2 Å². The molecule has 2 atom stereocenters. The molecule has 1 aromatic carbocycles. The molecule has 0 aliphatic heterocycles. The van der Waals surface area contributed by atoms with Gasteiger partial charge >= 0.3 is 0 Å². The number of anilines is 2. The van der Waals surface area contributed by atoms with Crippen molar-refractivity contribution in [2.24, 2.45) is 11.8 Å². The van der Waals surface area contributed by atoms with Crippen LogP contribution in [0.5, 0.6) is 0 Å². The number of halogens is 1. The Hall–Kier alpha value is -0.890. The minimum absolute atomic E-state index is 0.577. The van der Waals surface area contributed by atoms with Crippen LogP contribution in [0.25, 0.3) is 0 Å². The molecule has 112 valence electrons. The number of benzene rings is 1. The standard InChI is InChI=1S/C17H27ClN2/c1-12(2)13-7-5-8-14(11-13)19-16-10-6-9-15(18)17(16)20(3)4/h6,9-10,12-14,19H,5,7-8,11H2,1-4H3. The average molecular weight is 295 g/mol. The Balaban J connectivity index is 2.12. The predicted octanol–water partition coefficient (Wildman–Crippen LogP) is 5.03. The number of nitrogens with zero attached hydrogens (tertiary/aromatic N) is 1. The van der Waals surface area contributed by atoms with Gasteiger partial charge in [0.1, 0.15) is 0 Å². The third-order valence-electron chi connectivity index (χ3n) is 4.45. The van der Waals surface area contributed by atoms with Crippen LogP contribution in [0.1, 0.15) is 39.5 Å². The van der Waals surface area contributed by atoms with E-state index in [1.807, 2.05) is 26.2 Å². The fourth-order valence-electron chi connectivity index (χ4n) is 3.27. The Morgan fingerprint density at radius 2 is 2.00 bits per heavy atom. The van der Waals surface area contributed by atoms with Gasteiger partial charge in [0.25, 0.3) is 0 Å². The van der Waals surface area contributed by atoms with E-state index in [4.69, 9.17) is 11.6 Å². The van der Waals surface area contributed by atoms with Crippen molar-refractivity contribution in [1.29, 1.82) is 0 Å². The molecule has 0 amide bonds. The van der Waals surface area contributed by atoms with E-state index in [9.17, 15) is 0 Å². The van der Waals surface area contributed by atoms with Gasteiger partial charge < -0.3 is 10.2 Å². The summed E-state index contributed by atoms with van der Waals surface area (Å²) in [4.78, 5) is 2.09. The van der Waals surface area contributed by atoms with Gasteiger partial charge in [0.2, 0.25) is 0 Å². The van der Waals surface area contributed by atoms with Gasteiger partial charge in [0, 0.05) is 20.1 Å². The lowest BCUT2D eigenvalue weighted by atomic mass is 9.79. The Morgan fingerprint density at radius 1 is 1.25 bits per heavy atom. The summed E-state index contributed by atoms with van der Waals surface area (Å²) >= 11 is 6.34. The first-order valence-corrected chi connectivity index (χ1v) is 8.09. The second kappa shape index (κ2) is 6.71. The molecular formula is C17H27ClN2. The summed E-state index contributed by atoms with van der Waals surface area (Å²) in [6.07, 6.45) is 5.25. The Bertz CT molecular complexity index is 443. The average Bonchev–Trinajstić information content (AvgIpc) is 2.38. The first-order chi connectivity index (χ1) is 9.49. The Morgan fingerprint density at radius 3 is 2.65 bits per heavy atom. The minimum atomic E-state index is 0.577. The first kappa shape index (κ1) is 15.5. The second-order valence-electron chi connectivity index (χ2n) is 6.54. The zero-order chi connectivity index (χ0) is 14.7. The minimum Gasteiger partial charge on any atom is -0.381 e. The Labute approximate surface area is 128 Å². The zero-order valence-electron chi connectivity index (χ0n) is 13.1. The molecule has 0 saturated heterocycles. The highest BCUT2D eigenvalue weighted by molar-refractivity contribution is 6.34. The van der Waals surface area contributed by atoms with Gasteiger partial charge in [-0.15, -0.1) is 0 Å². The maximum atomic E-state index is 6.34. The first-order valence-electron chi connectivity index (χ1n) is 7.71. The quantitative estimate of drug-likeness (QED) is 0.837. The lowest BCUT2D eigenvalue weighted by Gasteiger charge is -2.33. The van der Waals surface area contributed by atoms with Crippen LogP contribution in [-0.4, -0.2) is 20.1 Å². The predicted molar refractivity (Wildman–Crippen MR) is 90.0 cm³/mol. The van der Waals surface area contributed by atoms with E-state index in [0.717, 1.165) is 28.2 Å². The van der Waals surface area contributed by atoms with Crippen LogP contribution in [0.15, 0.2) is 18.2 Å². The molecule has 3 heteroatoms. The maximum absolute atomic E-state index is 6.34. The van der Waals surface area contributed by atoms with Gasteiger partial charge in [-0.25, -0.2) is 0 Å². The molecule has 1 saturated carbocycles. The normalized spacial score (nSPS) is 22.9. The highest BCUT2D eigenvalue weighted by Crippen LogP contribution is 2.36. The van der Waals surface area contributed by atoms with Crippen molar-refractivity contribution in [3.63, 3.8) is 0 Å². The molecular weight excluding hydrogens is 268 g/mol. The summed E-state index contributed by atoms with van der Waals surface area (Å²) < 4.78 is 0. The molecule has 0 spiro atoms. The third kappa shape index (κ3) is 3.60. The molecule has 2 unspecified atom stereocenters. The highest BCUT2D eigenvalue weighted by Gasteiger charge is 2.24. The molecule has 20 heavy (non-hydrogen) atoms. The lowest BCUT2D eigenvalue weighted by Crippen LogP contribution is -2.30. The smallest absolute Gasteiger partial charge is 0.0786 e.